The number of aliphatic hydroxyl groups excluding tert-OH is 1. The second kappa shape index (κ2) is 39.5. The molecule has 20 atom stereocenters. The molecular formula is C101H129N9O26. The van der Waals surface area contributed by atoms with Crippen molar-refractivity contribution in [3.05, 3.63) is 230 Å². The van der Waals surface area contributed by atoms with E-state index in [1.807, 2.05) is 6.07 Å². The summed E-state index contributed by atoms with van der Waals surface area (Å²) in [7, 11) is 3.06. The number of nitrogens with one attached hydrogen (secondary N) is 6. The Morgan fingerprint density at radius 2 is 0.706 bits per heavy atom. The molecule has 4 saturated carbocycles. The van der Waals surface area contributed by atoms with E-state index in [1.165, 1.54) is 99.5 Å². The molecule has 7 aromatic rings. The van der Waals surface area contributed by atoms with Gasteiger partial charge in [-0.3, -0.25) is 24.0 Å². The van der Waals surface area contributed by atoms with Crippen molar-refractivity contribution in [3.63, 3.8) is 0 Å². The molecule has 0 spiro atoms. The first-order valence-electron chi connectivity index (χ1n) is 44.9. The fourth-order valence-corrected chi connectivity index (χ4v) is 21.0. The van der Waals surface area contributed by atoms with Gasteiger partial charge >= 0.3 is 36.0 Å². The Bertz CT molecular complexity index is 5720. The number of aromatic hydroxyl groups is 3. The molecule has 2 aliphatic heterocycles. The number of carbonyl (C=O) groups is 11. The van der Waals surface area contributed by atoms with Crippen LogP contribution in [0, 0.1) is 44.4 Å². The number of amides is 7. The van der Waals surface area contributed by atoms with E-state index in [4.69, 9.17) is 25.7 Å². The number of phenolic OH excluding ortho intramolecular Hbond substituents is 3. The van der Waals surface area contributed by atoms with Gasteiger partial charge in [-0.05, 0) is 210 Å². The van der Waals surface area contributed by atoms with Crippen molar-refractivity contribution in [1.29, 1.82) is 0 Å². The van der Waals surface area contributed by atoms with Crippen molar-refractivity contribution in [3.8, 4) is 17.2 Å². The maximum absolute atomic E-state index is 13.0. The third kappa shape index (κ3) is 18.8. The molecule has 13 rings (SSSR count). The van der Waals surface area contributed by atoms with E-state index in [0.717, 1.165) is 5.56 Å². The molecule has 0 aromatic heterocycles. The van der Waals surface area contributed by atoms with E-state index >= 15 is 0 Å². The van der Waals surface area contributed by atoms with Crippen LogP contribution in [0.2, 0.25) is 0 Å². The fraction of sp³-hybridized carbons (Fsp3) is 0.475. The summed E-state index contributed by atoms with van der Waals surface area (Å²) in [6.07, 6.45) is 1.03. The minimum absolute atomic E-state index is 0.0303. The Kier molecular flexibility index (Phi) is 30.8. The van der Waals surface area contributed by atoms with Crippen LogP contribution in [0.15, 0.2) is 152 Å². The van der Waals surface area contributed by atoms with E-state index in [2.05, 4.69) is 31.9 Å². The number of ketones is 4. The summed E-state index contributed by atoms with van der Waals surface area (Å²) in [5, 5.41) is 151. The van der Waals surface area contributed by atoms with Crippen molar-refractivity contribution < 1.29 is 128 Å². The molecule has 136 heavy (non-hydrogen) atoms. The van der Waals surface area contributed by atoms with Crippen LogP contribution in [0.5, 0.6) is 17.2 Å². The number of ether oxygens (including phenoxy) is 3. The molecule has 35 nitrogen and oxygen atoms in total. The van der Waals surface area contributed by atoms with Crippen molar-refractivity contribution in [2.45, 2.75) is 240 Å². The maximum Gasteiger partial charge on any atom is 0.342 e. The lowest BCUT2D eigenvalue weighted by Crippen LogP contribution is -2.71. The maximum atomic E-state index is 13.0. The van der Waals surface area contributed by atoms with Gasteiger partial charge in [-0.25, -0.2) is 28.8 Å². The summed E-state index contributed by atoms with van der Waals surface area (Å²) in [5.74, 6) is -7.47. The van der Waals surface area contributed by atoms with Gasteiger partial charge in [-0.15, -0.1) is 0 Å². The number of esters is 3. The Hall–Kier alpha value is -12.1. The highest BCUT2D eigenvalue weighted by molar-refractivity contribution is 5.98. The largest absolute Gasteiger partial charge is 0.507 e. The predicted octanol–water partition coefficient (Wildman–Crippen LogP) is 6.02. The lowest BCUT2D eigenvalue weighted by molar-refractivity contribution is -0.186. The normalized spacial score (nSPS) is 31.4. The van der Waals surface area contributed by atoms with Crippen molar-refractivity contribution >= 4 is 65.0 Å². The van der Waals surface area contributed by atoms with E-state index in [-0.39, 0.29) is 102 Å². The van der Waals surface area contributed by atoms with Crippen LogP contribution in [-0.4, -0.2) is 263 Å². The molecule has 734 valence electrons. The summed E-state index contributed by atoms with van der Waals surface area (Å²) in [6, 6.07) is 36.7. The SMILES string of the molecule is CC(=O)c1cccc(C[C@H]2[C@@H]3NC(=O)N[C@]3(C)[C@@](C)(O)[C@@]2(O)CO)c1.CC(=O)c1cccc(C[C@H]2[C@@H]3NC(=O)N[C@]3(C)[C@@](C)(O)[C@@]2(O)COC(=O)c2c(C)cccc2O)c1.CC(=O)c1cccc(C[C@H]2[C@H](N)[C@](C)(NC(=O)N(C)C)[C@@](C)(O)[C@@]2(O)COC(=O)c2c(C)cccc2O)c1.CCC(=O)N[C@@]1(CC)[C@@H](N)[C@H](Cc2cccc(C(C)=O)c2)[C@](O)(COC(=O)c2c(C)cccc2O)[C@]1(C)O. The highest BCUT2D eigenvalue weighted by Crippen LogP contribution is 2.57. The number of nitrogens with zero attached hydrogens (tertiary/aromatic N) is 1. The van der Waals surface area contributed by atoms with Crippen LogP contribution in [-0.2, 0) is 44.7 Å². The first kappa shape index (κ1) is 106. The third-order valence-corrected chi connectivity index (χ3v) is 30.2. The predicted molar refractivity (Wildman–Crippen MR) is 499 cm³/mol. The second-order valence-corrected chi connectivity index (χ2v) is 38.4. The lowest BCUT2D eigenvalue weighted by atomic mass is 9.74. The average Bonchev–Trinajstić information content (AvgIpc) is 1.53. The van der Waals surface area contributed by atoms with Gasteiger partial charge in [0.1, 0.15) is 98.6 Å². The van der Waals surface area contributed by atoms with Crippen LogP contribution in [0.25, 0.3) is 0 Å². The summed E-state index contributed by atoms with van der Waals surface area (Å²) < 4.78 is 16.5. The number of carbonyl (C=O) groups excluding carboxylic acids is 11. The van der Waals surface area contributed by atoms with Crippen molar-refractivity contribution in [2.75, 3.05) is 40.5 Å². The van der Waals surface area contributed by atoms with E-state index < -0.39 is 177 Å². The Labute approximate surface area is 789 Å². The Morgan fingerprint density at radius 1 is 0.412 bits per heavy atom. The minimum Gasteiger partial charge on any atom is -0.507 e. The molecule has 6 fully saturated rings. The zero-order chi connectivity index (χ0) is 101. The number of benzene rings is 7. The number of aliphatic hydroxyl groups is 9. The van der Waals surface area contributed by atoms with Gasteiger partial charge in [0.25, 0.3) is 0 Å². The summed E-state index contributed by atoms with van der Waals surface area (Å²) in [6.45, 7) is 21.9. The third-order valence-electron chi connectivity index (χ3n) is 30.2. The number of fused-ring (bicyclic) bond motifs is 2. The van der Waals surface area contributed by atoms with Crippen LogP contribution < -0.4 is 43.4 Å². The molecular weight excluding hydrogens is 1760 g/mol. The van der Waals surface area contributed by atoms with Gasteiger partial charge in [0.15, 0.2) is 23.1 Å². The Morgan fingerprint density at radius 3 is 1.01 bits per heavy atom. The molecule has 4 aliphatic carbocycles. The molecule has 7 aromatic carbocycles. The van der Waals surface area contributed by atoms with Crippen LogP contribution in [0.1, 0.15) is 214 Å². The van der Waals surface area contributed by atoms with Gasteiger partial charge in [0.2, 0.25) is 5.91 Å². The highest BCUT2D eigenvalue weighted by atomic mass is 16.6. The van der Waals surface area contributed by atoms with E-state index in [9.17, 15) is 114 Å². The molecule has 0 bridgehead atoms. The number of hydrogen-bond acceptors (Lipinski definition) is 28. The number of hydrogen-bond donors (Lipinski definition) is 20. The zero-order valence-electron chi connectivity index (χ0n) is 79.8. The summed E-state index contributed by atoms with van der Waals surface area (Å²) in [4.78, 5) is 137. The number of phenols is 3. The van der Waals surface area contributed by atoms with Gasteiger partial charge < -0.3 is 124 Å². The number of urea groups is 3. The number of Topliss-reactive ketones (excluding diaryl/α,β-unsaturated/α-hetero) is 4. The highest BCUT2D eigenvalue weighted by Gasteiger charge is 2.78. The molecule has 7 amide bonds. The standard InChI is InChI=1S/C29H38N2O7.C28H37N3O7.C26H30N2O7.C18H24N2O5/c1-6-23(34)31-28(7-2)25(30)21(15-19-11-9-12-20(14-19)18(4)32)29(37,27(28,5)36)16-38-26(35)24-17(3)10-8-13-22(24)33;1-16-9-7-12-21(33)22(16)24(34)38-15-28(37)20(14-18-10-8-11-19(13-18)17(2)32)23(29)26(3,27(28,4)36)30-25(35)31(5)6;1-14-7-5-10-19(30)20(14)22(31)35-13-26(34)18(12-16-8-6-9-17(11-16)15(2)29)21-24(3,25(26,4)33)28-23(32)27-21;1-10(22)12-6-4-5-11(7-12)8-13-14-16(2,20-15(23)19-14)17(3,24)18(13,25)9-21/h8-14,21,25,33,36-37H,6-7,15-16,30H2,1-5H3,(H,31,34);7-13,20,23,33,36-37H,14-15,29H2,1-6H3,(H,30,35);5-11,18,21,30,33-34H,12-13H2,1-4H3,(H2,27,28,32);4-7,13-14,21,24-25H,8-9H2,1-3H3,(H2,19,20,23)/t21-,25-,27+,28-,29+;20-,23-,26-,27+,28+;18-,21-,24-,25+,26+;13-,14-,16-,17+,18+/m0000/s1. The van der Waals surface area contributed by atoms with Crippen LogP contribution >= 0.6 is 0 Å². The molecule has 0 unspecified atom stereocenters. The zero-order valence-corrected chi connectivity index (χ0v) is 79.8. The lowest BCUT2D eigenvalue weighted by Gasteiger charge is -2.47. The number of rotatable bonds is 26. The van der Waals surface area contributed by atoms with Gasteiger partial charge in [-0.2, -0.15) is 0 Å². The summed E-state index contributed by atoms with van der Waals surface area (Å²) >= 11 is 0. The first-order chi connectivity index (χ1) is 63.2. The molecule has 2 saturated heterocycles. The monoisotopic (exact) mass is 1880 g/mol. The minimum atomic E-state index is -2.14. The average molecular weight is 1890 g/mol. The van der Waals surface area contributed by atoms with E-state index in [1.54, 1.807) is 176 Å². The van der Waals surface area contributed by atoms with Gasteiger partial charge in [-0.1, -0.05) is 123 Å². The quantitative estimate of drug-likeness (QED) is 0.0167. The smallest absolute Gasteiger partial charge is 0.342 e. The van der Waals surface area contributed by atoms with Gasteiger partial charge in [0.05, 0.1) is 40.8 Å². The molecule has 35 heteroatoms. The van der Waals surface area contributed by atoms with Gasteiger partial charge in [0, 0.05) is 78.5 Å². The summed E-state index contributed by atoms with van der Waals surface area (Å²) in [5.41, 5.74) is -1.70. The molecule has 2 heterocycles. The topological polar surface area (TPSA) is 586 Å². The van der Waals surface area contributed by atoms with Crippen molar-refractivity contribution in [1.82, 2.24) is 36.8 Å². The molecule has 22 N–H and O–H groups in total. The first-order valence-corrected chi connectivity index (χ1v) is 44.9. The molecule has 6 aliphatic rings. The Balaban J connectivity index is 0.000000189. The van der Waals surface area contributed by atoms with Crippen LogP contribution in [0.3, 0.4) is 0 Å². The van der Waals surface area contributed by atoms with Crippen LogP contribution in [0.4, 0.5) is 14.4 Å². The fourth-order valence-electron chi connectivity index (χ4n) is 21.0. The second-order valence-electron chi connectivity index (χ2n) is 38.4. The number of aryl methyl sites for hydroxylation is 3. The number of nitrogens with two attached hydrogens (primary N) is 2. The van der Waals surface area contributed by atoms with Crippen molar-refractivity contribution in [2.24, 2.45) is 35.1 Å². The van der Waals surface area contributed by atoms with E-state index in [0.29, 0.717) is 55.6 Å². The molecule has 0 radical (unpaired) electrons.